The second-order valence-electron chi connectivity index (χ2n) is 6.16. The molecule has 1 aromatic heterocycles. The lowest BCUT2D eigenvalue weighted by Crippen LogP contribution is -2.23. The van der Waals surface area contributed by atoms with Crippen molar-refractivity contribution in [2.24, 2.45) is 0 Å². The Bertz CT molecular complexity index is 1010. The molecule has 136 valence electrons. The molecule has 0 atom stereocenters. The summed E-state index contributed by atoms with van der Waals surface area (Å²) >= 11 is 1.53. The minimum atomic E-state index is -3.53. The van der Waals surface area contributed by atoms with E-state index in [4.69, 9.17) is 0 Å². The molecule has 0 saturated carbocycles. The van der Waals surface area contributed by atoms with Gasteiger partial charge in [0.2, 0.25) is 10.0 Å². The second-order valence-corrected chi connectivity index (χ2v) is 9.02. The Hall–Kier alpha value is -2.02. The molecule has 0 fully saturated rings. The van der Waals surface area contributed by atoms with Crippen molar-refractivity contribution in [2.45, 2.75) is 38.6 Å². The van der Waals surface area contributed by atoms with Gasteiger partial charge in [-0.3, -0.25) is 0 Å². The first-order valence-electron chi connectivity index (χ1n) is 8.51. The lowest BCUT2D eigenvalue weighted by atomic mass is 10.1. The van der Waals surface area contributed by atoms with Crippen LogP contribution in [0.25, 0.3) is 10.6 Å². The van der Waals surface area contributed by atoms with Crippen molar-refractivity contribution in [1.29, 1.82) is 0 Å². The van der Waals surface area contributed by atoms with Gasteiger partial charge in [-0.1, -0.05) is 43.3 Å². The fourth-order valence-electron chi connectivity index (χ4n) is 2.67. The summed E-state index contributed by atoms with van der Waals surface area (Å²) in [5.41, 5.74) is 4.22. The largest absolute Gasteiger partial charge is 0.241 e. The number of nitrogens with zero attached hydrogens (tertiary/aromatic N) is 1. The Morgan fingerprint density at radius 2 is 1.73 bits per heavy atom. The van der Waals surface area contributed by atoms with E-state index in [2.05, 4.69) is 22.7 Å². The van der Waals surface area contributed by atoms with Crippen molar-refractivity contribution in [3.8, 4) is 10.6 Å². The molecular weight excluding hydrogens is 364 g/mol. The van der Waals surface area contributed by atoms with Gasteiger partial charge in [0.15, 0.2) is 0 Å². The molecule has 1 N–H and O–H groups in total. The summed E-state index contributed by atoms with van der Waals surface area (Å²) in [5.74, 6) is 0. The quantitative estimate of drug-likeness (QED) is 0.680. The van der Waals surface area contributed by atoms with E-state index in [-0.39, 0.29) is 11.4 Å². The van der Waals surface area contributed by atoms with E-state index in [0.29, 0.717) is 0 Å². The number of aromatic nitrogens is 1. The average Bonchev–Trinajstić information content (AvgIpc) is 3.01. The zero-order valence-corrected chi connectivity index (χ0v) is 16.7. The molecule has 0 aliphatic heterocycles. The first-order chi connectivity index (χ1) is 12.4. The molecule has 0 radical (unpaired) electrons. The van der Waals surface area contributed by atoms with Crippen LogP contribution in [0.2, 0.25) is 0 Å². The number of hydrogen-bond donors (Lipinski definition) is 1. The maximum absolute atomic E-state index is 12.5. The predicted molar refractivity (Wildman–Crippen MR) is 107 cm³/mol. The Labute approximate surface area is 159 Å². The molecule has 0 bridgehead atoms. The minimum absolute atomic E-state index is 0.243. The third-order valence-corrected chi connectivity index (χ3v) is 6.94. The van der Waals surface area contributed by atoms with Crippen LogP contribution < -0.4 is 4.72 Å². The van der Waals surface area contributed by atoms with Gasteiger partial charge in [-0.15, -0.1) is 11.3 Å². The minimum Gasteiger partial charge on any atom is -0.241 e. The molecule has 2 aromatic carbocycles. The second kappa shape index (κ2) is 7.70. The number of sulfonamides is 1. The highest BCUT2D eigenvalue weighted by Crippen LogP contribution is 2.30. The van der Waals surface area contributed by atoms with Crippen molar-refractivity contribution < 1.29 is 8.42 Å². The maximum Gasteiger partial charge on any atom is 0.240 e. The molecule has 6 heteroatoms. The molecule has 0 spiro atoms. The Morgan fingerprint density at radius 1 is 1.04 bits per heavy atom. The van der Waals surface area contributed by atoms with Crippen LogP contribution in [0.3, 0.4) is 0 Å². The highest BCUT2D eigenvalue weighted by atomic mass is 32.2. The summed E-state index contributed by atoms with van der Waals surface area (Å²) in [6.07, 6.45) is 0.884. The number of rotatable bonds is 6. The molecule has 0 saturated heterocycles. The number of hydrogen-bond acceptors (Lipinski definition) is 4. The van der Waals surface area contributed by atoms with Gasteiger partial charge in [-0.25, -0.2) is 18.1 Å². The number of aryl methyl sites for hydroxylation is 3. The van der Waals surface area contributed by atoms with Crippen LogP contribution >= 0.6 is 11.3 Å². The molecule has 0 aliphatic carbocycles. The van der Waals surface area contributed by atoms with Crippen LogP contribution in [0.15, 0.2) is 53.4 Å². The van der Waals surface area contributed by atoms with E-state index in [0.717, 1.165) is 38.7 Å². The summed E-state index contributed by atoms with van der Waals surface area (Å²) in [5, 5.41) is 0.919. The zero-order valence-electron chi connectivity index (χ0n) is 15.1. The van der Waals surface area contributed by atoms with Crippen LogP contribution in [-0.4, -0.2) is 13.4 Å². The predicted octanol–water partition coefficient (Wildman–Crippen LogP) is 4.47. The molecular formula is C20H22N2O2S2. The molecule has 3 aromatic rings. The van der Waals surface area contributed by atoms with Gasteiger partial charge < -0.3 is 0 Å². The van der Waals surface area contributed by atoms with Gasteiger partial charge in [0.25, 0.3) is 0 Å². The van der Waals surface area contributed by atoms with Gasteiger partial charge in [-0.05, 0) is 43.5 Å². The molecule has 0 unspecified atom stereocenters. The molecule has 1 heterocycles. The molecule has 0 amide bonds. The van der Waals surface area contributed by atoms with Gasteiger partial charge in [-0.2, -0.15) is 0 Å². The van der Waals surface area contributed by atoms with E-state index >= 15 is 0 Å². The molecule has 4 nitrogen and oxygen atoms in total. The van der Waals surface area contributed by atoms with Crippen molar-refractivity contribution in [3.63, 3.8) is 0 Å². The summed E-state index contributed by atoms with van der Waals surface area (Å²) in [7, 11) is -3.53. The fourth-order valence-corrected chi connectivity index (χ4v) is 4.85. The number of nitrogens with one attached hydrogen (secondary N) is 1. The Kier molecular flexibility index (Phi) is 5.55. The zero-order chi connectivity index (χ0) is 18.7. The molecule has 3 rings (SSSR count). The van der Waals surface area contributed by atoms with Gasteiger partial charge in [0.05, 0.1) is 10.6 Å². The van der Waals surface area contributed by atoms with Crippen LogP contribution in [0, 0.1) is 13.8 Å². The first kappa shape index (κ1) is 18.8. The first-order valence-corrected chi connectivity index (χ1v) is 10.8. The highest BCUT2D eigenvalue weighted by molar-refractivity contribution is 7.89. The highest BCUT2D eigenvalue weighted by Gasteiger charge is 2.16. The topological polar surface area (TPSA) is 59.1 Å². The van der Waals surface area contributed by atoms with Gasteiger partial charge >= 0.3 is 0 Å². The SMILES string of the molecule is CCc1ccc(S(=O)(=O)NCc2sc(-c3ccccc3C)nc2C)cc1. The maximum atomic E-state index is 12.5. The fraction of sp³-hybridized carbons (Fsp3) is 0.250. The molecule has 0 aliphatic rings. The van der Waals surface area contributed by atoms with Crippen LogP contribution in [0.1, 0.15) is 28.6 Å². The Balaban J connectivity index is 1.78. The summed E-state index contributed by atoms with van der Waals surface area (Å²) in [4.78, 5) is 5.84. The average molecular weight is 387 g/mol. The van der Waals surface area contributed by atoms with E-state index in [1.54, 1.807) is 12.1 Å². The van der Waals surface area contributed by atoms with Crippen molar-refractivity contribution in [1.82, 2.24) is 9.71 Å². The van der Waals surface area contributed by atoms with Crippen molar-refractivity contribution in [2.75, 3.05) is 0 Å². The van der Waals surface area contributed by atoms with E-state index in [1.807, 2.05) is 44.2 Å². The summed E-state index contributed by atoms with van der Waals surface area (Å²) < 4.78 is 27.7. The number of thiazole rings is 1. The molecule has 26 heavy (non-hydrogen) atoms. The smallest absolute Gasteiger partial charge is 0.240 e. The third-order valence-electron chi connectivity index (χ3n) is 4.33. The normalized spacial score (nSPS) is 11.7. The third kappa shape index (κ3) is 4.03. The van der Waals surface area contributed by atoms with Gasteiger partial charge in [0, 0.05) is 17.0 Å². The van der Waals surface area contributed by atoms with Crippen molar-refractivity contribution >= 4 is 21.4 Å². The van der Waals surface area contributed by atoms with Crippen LogP contribution in [0.5, 0.6) is 0 Å². The summed E-state index contributed by atoms with van der Waals surface area (Å²) in [6.45, 7) is 6.25. The lowest BCUT2D eigenvalue weighted by Gasteiger charge is -2.06. The van der Waals surface area contributed by atoms with Crippen LogP contribution in [0.4, 0.5) is 0 Å². The van der Waals surface area contributed by atoms with E-state index in [9.17, 15) is 8.42 Å². The van der Waals surface area contributed by atoms with Crippen LogP contribution in [-0.2, 0) is 23.0 Å². The standard InChI is InChI=1S/C20H22N2O2S2/c1-4-16-9-11-17(12-10-16)26(23,24)21-13-19-15(3)22-20(25-19)18-8-6-5-7-14(18)2/h5-12,21H,4,13H2,1-3H3. The monoisotopic (exact) mass is 386 g/mol. The Morgan fingerprint density at radius 3 is 2.38 bits per heavy atom. The lowest BCUT2D eigenvalue weighted by molar-refractivity contribution is 0.581. The summed E-state index contributed by atoms with van der Waals surface area (Å²) in [6, 6.07) is 15.1. The van der Waals surface area contributed by atoms with Gasteiger partial charge in [0.1, 0.15) is 5.01 Å². The number of benzene rings is 2. The van der Waals surface area contributed by atoms with E-state index in [1.165, 1.54) is 11.3 Å². The van der Waals surface area contributed by atoms with Crippen molar-refractivity contribution in [3.05, 3.63) is 70.2 Å². The van der Waals surface area contributed by atoms with E-state index < -0.39 is 10.0 Å².